The van der Waals surface area contributed by atoms with Crippen LogP contribution in [0.5, 0.6) is 0 Å². The quantitative estimate of drug-likeness (QED) is 0.537. The van der Waals surface area contributed by atoms with Gasteiger partial charge in [-0.1, -0.05) is 66.7 Å². The molecule has 0 heterocycles. The summed E-state index contributed by atoms with van der Waals surface area (Å²) in [6, 6.07) is 27.0. The number of anilines is 1. The van der Waals surface area contributed by atoms with Crippen LogP contribution in [0.2, 0.25) is 0 Å². The molecule has 2 amide bonds. The van der Waals surface area contributed by atoms with Gasteiger partial charge < -0.3 is 15.5 Å². The molecule has 0 aliphatic rings. The van der Waals surface area contributed by atoms with Crippen molar-refractivity contribution in [3.8, 4) is 0 Å². The summed E-state index contributed by atoms with van der Waals surface area (Å²) >= 11 is 0. The predicted octanol–water partition coefficient (Wildman–Crippen LogP) is 3.73. The minimum atomic E-state index is -0.134. The first-order valence-electron chi connectivity index (χ1n) is 10.1. The highest BCUT2D eigenvalue weighted by molar-refractivity contribution is 5.97. The lowest BCUT2D eigenvalue weighted by Gasteiger charge is -2.18. The lowest BCUT2D eigenvalue weighted by molar-refractivity contribution is -0.115. The van der Waals surface area contributed by atoms with E-state index in [1.165, 1.54) is 5.56 Å². The maximum Gasteiger partial charge on any atom is 0.253 e. The summed E-state index contributed by atoms with van der Waals surface area (Å²) in [5.74, 6) is -0.221. The lowest BCUT2D eigenvalue weighted by Crippen LogP contribution is -2.29. The third-order valence-electron chi connectivity index (χ3n) is 4.72. The summed E-state index contributed by atoms with van der Waals surface area (Å²) in [5, 5.41) is 6.00. The summed E-state index contributed by atoms with van der Waals surface area (Å²) in [6.45, 7) is 1.47. The number of hydrogen-bond donors (Lipinski definition) is 2. The van der Waals surface area contributed by atoms with Gasteiger partial charge in [0.1, 0.15) is 0 Å². The smallest absolute Gasteiger partial charge is 0.253 e. The minimum absolute atomic E-state index is 0.0871. The standard InChI is InChI=1S/C25H27N3O2/c1-28(19-21-11-6-3-7-12-21)25(30)22-13-8-14-23(17-22)27-24(29)18-26-16-15-20-9-4-2-5-10-20/h2-14,17,26H,15-16,18-19H2,1H3,(H,27,29). The van der Waals surface area contributed by atoms with Crippen molar-refractivity contribution in [2.75, 3.05) is 25.5 Å². The molecular formula is C25H27N3O2. The Kier molecular flexibility index (Phi) is 7.75. The second-order valence-corrected chi connectivity index (χ2v) is 7.19. The molecule has 3 rings (SSSR count). The molecule has 0 saturated carbocycles. The molecule has 3 aromatic carbocycles. The Hall–Kier alpha value is -3.44. The number of carbonyl (C=O) groups excluding carboxylic acids is 2. The molecule has 0 bridgehead atoms. The normalized spacial score (nSPS) is 10.4. The topological polar surface area (TPSA) is 61.4 Å². The van der Waals surface area contributed by atoms with E-state index in [2.05, 4.69) is 22.8 Å². The van der Waals surface area contributed by atoms with Crippen LogP contribution in [-0.2, 0) is 17.8 Å². The van der Waals surface area contributed by atoms with Gasteiger partial charge in [-0.2, -0.15) is 0 Å². The van der Waals surface area contributed by atoms with Crippen molar-refractivity contribution >= 4 is 17.5 Å². The first-order valence-corrected chi connectivity index (χ1v) is 10.1. The van der Waals surface area contributed by atoms with E-state index in [1.807, 2.05) is 48.5 Å². The zero-order chi connectivity index (χ0) is 21.2. The molecule has 0 atom stereocenters. The molecule has 5 heteroatoms. The van der Waals surface area contributed by atoms with Gasteiger partial charge in [0, 0.05) is 24.8 Å². The van der Waals surface area contributed by atoms with Gasteiger partial charge >= 0.3 is 0 Å². The molecule has 0 fully saturated rings. The third-order valence-corrected chi connectivity index (χ3v) is 4.72. The van der Waals surface area contributed by atoms with Crippen molar-refractivity contribution in [2.24, 2.45) is 0 Å². The van der Waals surface area contributed by atoms with E-state index in [1.54, 1.807) is 36.2 Å². The number of rotatable bonds is 9. The fourth-order valence-electron chi connectivity index (χ4n) is 3.16. The molecule has 0 aliphatic carbocycles. The summed E-state index contributed by atoms with van der Waals surface area (Å²) in [4.78, 5) is 26.6. The fraction of sp³-hybridized carbons (Fsp3) is 0.200. The van der Waals surface area contributed by atoms with Gasteiger partial charge in [0.25, 0.3) is 5.91 Å². The Bertz CT molecular complexity index is 958. The van der Waals surface area contributed by atoms with Crippen molar-refractivity contribution in [1.29, 1.82) is 0 Å². The van der Waals surface area contributed by atoms with E-state index >= 15 is 0 Å². The highest BCUT2D eigenvalue weighted by Gasteiger charge is 2.13. The van der Waals surface area contributed by atoms with E-state index in [4.69, 9.17) is 0 Å². The van der Waals surface area contributed by atoms with Crippen LogP contribution in [0.1, 0.15) is 21.5 Å². The zero-order valence-electron chi connectivity index (χ0n) is 17.2. The van der Waals surface area contributed by atoms with Crippen molar-refractivity contribution in [2.45, 2.75) is 13.0 Å². The molecule has 0 aromatic heterocycles. The Morgan fingerprint density at radius 1 is 0.833 bits per heavy atom. The van der Waals surface area contributed by atoms with Crippen LogP contribution in [0.15, 0.2) is 84.9 Å². The number of amides is 2. The zero-order valence-corrected chi connectivity index (χ0v) is 17.2. The Morgan fingerprint density at radius 3 is 2.20 bits per heavy atom. The van der Waals surface area contributed by atoms with E-state index in [9.17, 15) is 9.59 Å². The van der Waals surface area contributed by atoms with Gasteiger partial charge in [-0.25, -0.2) is 0 Å². The van der Waals surface area contributed by atoms with Crippen LogP contribution in [-0.4, -0.2) is 36.9 Å². The number of benzene rings is 3. The summed E-state index contributed by atoms with van der Waals surface area (Å²) in [6.07, 6.45) is 0.867. The van der Waals surface area contributed by atoms with Crippen molar-refractivity contribution < 1.29 is 9.59 Å². The lowest BCUT2D eigenvalue weighted by atomic mass is 10.1. The highest BCUT2D eigenvalue weighted by atomic mass is 16.2. The van der Waals surface area contributed by atoms with Crippen molar-refractivity contribution in [1.82, 2.24) is 10.2 Å². The molecule has 0 aliphatic heterocycles. The average molecular weight is 402 g/mol. The number of nitrogens with zero attached hydrogens (tertiary/aromatic N) is 1. The molecular weight excluding hydrogens is 374 g/mol. The Balaban J connectivity index is 1.48. The molecule has 2 N–H and O–H groups in total. The average Bonchev–Trinajstić information content (AvgIpc) is 2.78. The van der Waals surface area contributed by atoms with Gasteiger partial charge in [-0.3, -0.25) is 9.59 Å². The Labute approximate surface area is 177 Å². The van der Waals surface area contributed by atoms with Gasteiger partial charge in [-0.15, -0.1) is 0 Å². The van der Waals surface area contributed by atoms with E-state index < -0.39 is 0 Å². The summed E-state index contributed by atoms with van der Waals surface area (Å²) in [7, 11) is 1.78. The molecule has 154 valence electrons. The molecule has 3 aromatic rings. The van der Waals surface area contributed by atoms with Crippen LogP contribution < -0.4 is 10.6 Å². The van der Waals surface area contributed by atoms with Crippen LogP contribution in [0, 0.1) is 0 Å². The summed E-state index contributed by atoms with van der Waals surface area (Å²) in [5.41, 5.74) is 3.46. The fourth-order valence-corrected chi connectivity index (χ4v) is 3.16. The van der Waals surface area contributed by atoms with Crippen LogP contribution >= 0.6 is 0 Å². The van der Waals surface area contributed by atoms with E-state index in [0.717, 1.165) is 18.5 Å². The second kappa shape index (κ2) is 10.9. The monoisotopic (exact) mass is 401 g/mol. The van der Waals surface area contributed by atoms with Gasteiger partial charge in [0.2, 0.25) is 5.91 Å². The maximum atomic E-state index is 12.7. The SMILES string of the molecule is CN(Cc1ccccc1)C(=O)c1cccc(NC(=O)CNCCc2ccccc2)c1. The summed E-state index contributed by atoms with van der Waals surface area (Å²) < 4.78 is 0. The van der Waals surface area contributed by atoms with Gasteiger partial charge in [0.15, 0.2) is 0 Å². The molecule has 0 spiro atoms. The van der Waals surface area contributed by atoms with Gasteiger partial charge in [-0.05, 0) is 42.3 Å². The minimum Gasteiger partial charge on any atom is -0.337 e. The van der Waals surface area contributed by atoms with Crippen molar-refractivity contribution in [3.63, 3.8) is 0 Å². The van der Waals surface area contributed by atoms with Crippen LogP contribution in [0.3, 0.4) is 0 Å². The van der Waals surface area contributed by atoms with Crippen LogP contribution in [0.25, 0.3) is 0 Å². The molecule has 0 radical (unpaired) electrons. The van der Waals surface area contributed by atoms with Crippen LogP contribution in [0.4, 0.5) is 5.69 Å². The third kappa shape index (κ3) is 6.57. The van der Waals surface area contributed by atoms with Crippen molar-refractivity contribution in [3.05, 3.63) is 102 Å². The molecule has 30 heavy (non-hydrogen) atoms. The first kappa shape index (κ1) is 21.3. The number of hydrogen-bond acceptors (Lipinski definition) is 3. The molecule has 0 saturated heterocycles. The second-order valence-electron chi connectivity index (χ2n) is 7.19. The number of carbonyl (C=O) groups is 2. The maximum absolute atomic E-state index is 12.7. The van der Waals surface area contributed by atoms with Gasteiger partial charge in [0.05, 0.1) is 6.54 Å². The largest absolute Gasteiger partial charge is 0.337 e. The highest BCUT2D eigenvalue weighted by Crippen LogP contribution is 2.14. The molecule has 5 nitrogen and oxygen atoms in total. The molecule has 0 unspecified atom stereocenters. The number of nitrogens with one attached hydrogen (secondary N) is 2. The van der Waals surface area contributed by atoms with E-state index in [0.29, 0.717) is 17.8 Å². The first-order chi connectivity index (χ1) is 14.6. The Morgan fingerprint density at radius 2 is 1.50 bits per heavy atom. The van der Waals surface area contributed by atoms with E-state index in [-0.39, 0.29) is 18.4 Å². The predicted molar refractivity (Wildman–Crippen MR) is 120 cm³/mol.